The fourth-order valence-electron chi connectivity index (χ4n) is 7.26. The number of aliphatic hydroxyl groups is 1. The molecule has 3 aromatic carbocycles. The highest BCUT2D eigenvalue weighted by Gasteiger charge is 2.43. The maximum atomic E-state index is 14.7. The van der Waals surface area contributed by atoms with Crippen molar-refractivity contribution >= 4 is 23.4 Å². The number of carboxylic acid groups (broad SMARTS) is 1. The zero-order chi connectivity index (χ0) is 36.9. The number of amides is 2. The Hall–Kier alpha value is -4.68. The smallest absolute Gasteiger partial charge is 0.305 e. The van der Waals surface area contributed by atoms with E-state index in [9.17, 15) is 32.7 Å². The molecule has 0 aromatic heterocycles. The van der Waals surface area contributed by atoms with E-state index in [1.807, 2.05) is 41.3 Å². The highest BCUT2D eigenvalue weighted by molar-refractivity contribution is 6.03. The van der Waals surface area contributed by atoms with Gasteiger partial charge >= 0.3 is 5.97 Å². The molecule has 2 fully saturated rings. The van der Waals surface area contributed by atoms with Crippen LogP contribution in [0, 0.1) is 24.4 Å². The summed E-state index contributed by atoms with van der Waals surface area (Å²) in [6.45, 7) is 3.16. The first-order chi connectivity index (χ1) is 25.0. The number of hydrogen-bond donors (Lipinski definition) is 3. The Balaban J connectivity index is 1.22. The molecule has 3 atom stereocenters. The number of carboxylic acids is 1. The molecular weight excluding hydrogens is 675 g/mol. The molecule has 3 N–H and O–H groups in total. The van der Waals surface area contributed by atoms with Crippen molar-refractivity contribution in [3.05, 3.63) is 106 Å². The van der Waals surface area contributed by atoms with Gasteiger partial charge in [-0.15, -0.1) is 0 Å². The van der Waals surface area contributed by atoms with Crippen molar-refractivity contribution in [2.24, 2.45) is 0 Å². The Morgan fingerprint density at radius 2 is 1.69 bits per heavy atom. The third kappa shape index (κ3) is 8.85. The molecule has 2 aliphatic heterocycles. The summed E-state index contributed by atoms with van der Waals surface area (Å²) in [7, 11) is 0. The number of benzene rings is 3. The topological polar surface area (TPSA) is 119 Å². The van der Waals surface area contributed by atoms with E-state index in [0.29, 0.717) is 50.4 Å². The van der Waals surface area contributed by atoms with E-state index >= 15 is 0 Å². The number of carbonyl (C=O) groups excluding carboxylic acids is 2. The van der Waals surface area contributed by atoms with Gasteiger partial charge in [-0.1, -0.05) is 48.5 Å². The van der Waals surface area contributed by atoms with Gasteiger partial charge in [0.05, 0.1) is 31.6 Å². The van der Waals surface area contributed by atoms with Crippen LogP contribution in [0.25, 0.3) is 5.57 Å². The van der Waals surface area contributed by atoms with Crippen molar-refractivity contribution in [3.8, 4) is 5.75 Å². The first kappa shape index (κ1) is 37.1. The molecule has 52 heavy (non-hydrogen) atoms. The monoisotopic (exact) mass is 719 g/mol. The number of carbonyl (C=O) groups is 3. The second-order valence-corrected chi connectivity index (χ2v) is 14.0. The van der Waals surface area contributed by atoms with Gasteiger partial charge in [-0.25, -0.2) is 8.78 Å². The summed E-state index contributed by atoms with van der Waals surface area (Å²) < 4.78 is 46.7. The molecule has 2 amide bonds. The number of halogens is 3. The maximum absolute atomic E-state index is 14.7. The summed E-state index contributed by atoms with van der Waals surface area (Å²) in [5.41, 5.74) is 5.69. The van der Waals surface area contributed by atoms with Crippen LogP contribution in [-0.2, 0) is 27.2 Å². The lowest BCUT2D eigenvalue weighted by atomic mass is 9.82. The zero-order valence-corrected chi connectivity index (χ0v) is 29.1. The average Bonchev–Trinajstić information content (AvgIpc) is 3.95. The van der Waals surface area contributed by atoms with E-state index in [2.05, 4.69) is 24.4 Å². The van der Waals surface area contributed by atoms with Crippen molar-refractivity contribution < 1.29 is 42.5 Å². The third-order valence-electron chi connectivity index (χ3n) is 10.1. The number of piperazine rings is 1. The summed E-state index contributed by atoms with van der Waals surface area (Å²) in [4.78, 5) is 42.6. The Labute approximate surface area is 301 Å². The SMILES string of the molecule is Cc1ccccc1CCN(C(=O)C1=C(c2ccc(CCCOc3c(F)ccc(F)c3F)cc2)C[C@@H]2CN(C(=O)C[C@@H](O)CC(=O)O)C[C@H]1N2)C1CC1. The van der Waals surface area contributed by atoms with E-state index in [1.165, 1.54) is 11.1 Å². The van der Waals surface area contributed by atoms with Crippen LogP contribution >= 0.6 is 0 Å². The summed E-state index contributed by atoms with van der Waals surface area (Å²) >= 11 is 0. The summed E-state index contributed by atoms with van der Waals surface area (Å²) in [6.07, 6.45) is 1.87. The van der Waals surface area contributed by atoms with Gasteiger partial charge in [0, 0.05) is 37.3 Å². The fraction of sp³-hybridized carbons (Fsp3) is 0.425. The molecule has 12 heteroatoms. The first-order valence-electron chi connectivity index (χ1n) is 17.9. The predicted octanol–water partition coefficient (Wildman–Crippen LogP) is 5.21. The maximum Gasteiger partial charge on any atom is 0.305 e. The third-order valence-corrected chi connectivity index (χ3v) is 10.1. The number of hydrogen-bond acceptors (Lipinski definition) is 6. The van der Waals surface area contributed by atoms with Gasteiger partial charge in [0.25, 0.3) is 5.91 Å². The largest absolute Gasteiger partial charge is 0.488 e. The van der Waals surface area contributed by atoms with Crippen molar-refractivity contribution in [2.45, 2.75) is 82.5 Å². The fourth-order valence-corrected chi connectivity index (χ4v) is 7.26. The number of nitrogens with zero attached hydrogens (tertiary/aromatic N) is 2. The Bertz CT molecular complexity index is 1830. The van der Waals surface area contributed by atoms with Crippen molar-refractivity contribution in [2.75, 3.05) is 26.2 Å². The molecule has 9 nitrogen and oxygen atoms in total. The Kier molecular flexibility index (Phi) is 11.6. The van der Waals surface area contributed by atoms with Gasteiger partial charge in [-0.05, 0) is 85.4 Å². The molecule has 1 saturated heterocycles. The predicted molar refractivity (Wildman–Crippen MR) is 188 cm³/mol. The lowest BCUT2D eigenvalue weighted by Crippen LogP contribution is -2.62. The van der Waals surface area contributed by atoms with Gasteiger partial charge in [-0.3, -0.25) is 14.4 Å². The highest BCUT2D eigenvalue weighted by Crippen LogP contribution is 2.37. The number of ether oxygens (including phenoxy) is 1. The quantitative estimate of drug-likeness (QED) is 0.146. The molecule has 0 spiro atoms. The molecule has 3 aliphatic rings. The van der Waals surface area contributed by atoms with Crippen LogP contribution in [0.3, 0.4) is 0 Å². The minimum absolute atomic E-state index is 0.0139. The number of aliphatic carboxylic acids is 1. The summed E-state index contributed by atoms with van der Waals surface area (Å²) in [5.74, 6) is -5.83. The van der Waals surface area contributed by atoms with Crippen LogP contribution < -0.4 is 10.1 Å². The van der Waals surface area contributed by atoms with E-state index in [0.717, 1.165) is 35.6 Å². The number of aryl methyl sites for hydroxylation is 2. The van der Waals surface area contributed by atoms with Crippen LogP contribution in [0.4, 0.5) is 13.2 Å². The first-order valence-corrected chi connectivity index (χ1v) is 17.9. The molecule has 2 bridgehead atoms. The highest BCUT2D eigenvalue weighted by atomic mass is 19.2. The van der Waals surface area contributed by atoms with Crippen LogP contribution in [0.5, 0.6) is 5.75 Å². The van der Waals surface area contributed by atoms with Gasteiger partial charge in [-0.2, -0.15) is 4.39 Å². The number of aliphatic hydroxyl groups excluding tert-OH is 1. The molecule has 0 radical (unpaired) electrons. The van der Waals surface area contributed by atoms with Gasteiger partial charge in [0.15, 0.2) is 17.4 Å². The summed E-state index contributed by atoms with van der Waals surface area (Å²) in [5, 5.41) is 22.8. The minimum Gasteiger partial charge on any atom is -0.488 e. The molecule has 0 unspecified atom stereocenters. The molecule has 2 heterocycles. The number of nitrogens with one attached hydrogen (secondary N) is 1. The zero-order valence-electron chi connectivity index (χ0n) is 29.1. The molecular formula is C40H44F3N3O6. The molecule has 6 rings (SSSR count). The van der Waals surface area contributed by atoms with E-state index in [1.54, 1.807) is 4.90 Å². The van der Waals surface area contributed by atoms with Crippen molar-refractivity contribution in [1.82, 2.24) is 15.1 Å². The van der Waals surface area contributed by atoms with Crippen LogP contribution in [0.15, 0.2) is 66.2 Å². The number of rotatable bonds is 15. The van der Waals surface area contributed by atoms with Gasteiger partial charge in [0.2, 0.25) is 11.7 Å². The van der Waals surface area contributed by atoms with Crippen LogP contribution in [0.2, 0.25) is 0 Å². The lowest BCUT2D eigenvalue weighted by Gasteiger charge is -2.45. The second kappa shape index (κ2) is 16.3. The van der Waals surface area contributed by atoms with E-state index in [4.69, 9.17) is 9.84 Å². The second-order valence-electron chi connectivity index (χ2n) is 14.0. The Morgan fingerprint density at radius 3 is 2.40 bits per heavy atom. The minimum atomic E-state index is -1.35. The van der Waals surface area contributed by atoms with Crippen molar-refractivity contribution in [3.63, 3.8) is 0 Å². The Morgan fingerprint density at radius 1 is 0.962 bits per heavy atom. The molecule has 3 aromatic rings. The van der Waals surface area contributed by atoms with Crippen LogP contribution in [0.1, 0.15) is 60.8 Å². The van der Waals surface area contributed by atoms with Gasteiger partial charge < -0.3 is 30.1 Å². The summed E-state index contributed by atoms with van der Waals surface area (Å²) in [6, 6.07) is 17.0. The molecule has 1 saturated carbocycles. The van der Waals surface area contributed by atoms with E-state index < -0.39 is 47.7 Å². The van der Waals surface area contributed by atoms with E-state index in [-0.39, 0.29) is 43.5 Å². The normalized spacial score (nSPS) is 19.0. The standard InChI is InChI=1S/C40H44F3N3O6/c1-24-5-2-3-7-26(24)16-17-46(29-12-13-29)40(51)37-31(19-28-22-45(23-34(37)44-28)35(48)20-30(47)21-36(49)50)27-10-8-25(9-11-27)6-4-18-52-39-33(42)15-14-32(41)38(39)43/h2-3,5,7-11,14-15,28-30,34,44,47H,4,6,12-13,16-23H2,1H3,(H,49,50)/t28-,30-,34-/m1/s1. The van der Waals surface area contributed by atoms with Crippen molar-refractivity contribution in [1.29, 1.82) is 0 Å². The van der Waals surface area contributed by atoms with Gasteiger partial charge in [0.1, 0.15) is 0 Å². The average molecular weight is 720 g/mol. The molecule has 1 aliphatic carbocycles. The molecule has 276 valence electrons. The lowest BCUT2D eigenvalue weighted by molar-refractivity contribution is -0.141. The number of fused-ring (bicyclic) bond motifs is 2. The van der Waals surface area contributed by atoms with Crippen LogP contribution in [-0.4, -0.2) is 88.3 Å².